The maximum absolute atomic E-state index is 12.4. The lowest BCUT2D eigenvalue weighted by atomic mass is 10.0. The van der Waals surface area contributed by atoms with Crippen LogP contribution >= 0.6 is 11.6 Å². The van der Waals surface area contributed by atoms with Crippen molar-refractivity contribution in [3.63, 3.8) is 0 Å². The average molecular weight is 367 g/mol. The van der Waals surface area contributed by atoms with Crippen LogP contribution in [0.15, 0.2) is 72.9 Å². The lowest BCUT2D eigenvalue weighted by Crippen LogP contribution is -2.20. The van der Waals surface area contributed by atoms with Gasteiger partial charge in [-0.1, -0.05) is 17.7 Å². The molecule has 0 aliphatic heterocycles. The van der Waals surface area contributed by atoms with Crippen molar-refractivity contribution >= 4 is 29.1 Å². The fourth-order valence-corrected chi connectivity index (χ4v) is 2.36. The van der Waals surface area contributed by atoms with Gasteiger partial charge in [-0.3, -0.25) is 9.59 Å². The number of ketones is 1. The molecule has 2 aromatic carbocycles. The number of hydrogen-bond acceptors (Lipinski definition) is 4. The molecule has 0 fully saturated rings. The van der Waals surface area contributed by atoms with Crippen LogP contribution in [-0.4, -0.2) is 23.3 Å². The zero-order valence-corrected chi connectivity index (χ0v) is 14.4. The van der Waals surface area contributed by atoms with Crippen molar-refractivity contribution in [1.82, 2.24) is 4.98 Å². The van der Waals surface area contributed by atoms with E-state index >= 15 is 0 Å². The number of carbonyl (C=O) groups is 2. The highest BCUT2D eigenvalue weighted by Gasteiger charge is 2.10. The van der Waals surface area contributed by atoms with Gasteiger partial charge in [0.2, 0.25) is 0 Å². The molecule has 0 saturated heterocycles. The van der Waals surface area contributed by atoms with Crippen LogP contribution < -0.4 is 10.1 Å². The van der Waals surface area contributed by atoms with Crippen molar-refractivity contribution in [3.05, 3.63) is 89.1 Å². The second-order valence-electron chi connectivity index (χ2n) is 5.41. The van der Waals surface area contributed by atoms with Crippen LogP contribution in [0.2, 0.25) is 5.02 Å². The van der Waals surface area contributed by atoms with Gasteiger partial charge in [-0.05, 0) is 60.7 Å². The Hall–Kier alpha value is -3.18. The number of hydrogen-bond donors (Lipinski definition) is 1. The van der Waals surface area contributed by atoms with Gasteiger partial charge in [0.25, 0.3) is 5.91 Å². The molecule has 0 aliphatic carbocycles. The molecule has 0 bridgehead atoms. The van der Waals surface area contributed by atoms with Crippen LogP contribution in [-0.2, 0) is 4.79 Å². The highest BCUT2D eigenvalue weighted by atomic mass is 35.5. The van der Waals surface area contributed by atoms with E-state index in [0.29, 0.717) is 27.7 Å². The van der Waals surface area contributed by atoms with Gasteiger partial charge in [0, 0.05) is 22.3 Å². The molecule has 0 spiro atoms. The SMILES string of the molecule is O=C(COc1ccc(C(=O)c2ccc(Cl)cc2)cc1)Nc1ccccn1. The molecule has 1 aromatic heterocycles. The Kier molecular flexibility index (Phi) is 5.61. The predicted octanol–water partition coefficient (Wildman–Crippen LogP) is 3.98. The van der Waals surface area contributed by atoms with Crippen molar-refractivity contribution in [2.24, 2.45) is 0 Å². The van der Waals surface area contributed by atoms with Gasteiger partial charge < -0.3 is 10.1 Å². The number of anilines is 1. The van der Waals surface area contributed by atoms with E-state index < -0.39 is 0 Å². The largest absolute Gasteiger partial charge is 0.484 e. The Morgan fingerprint density at radius 2 is 1.58 bits per heavy atom. The van der Waals surface area contributed by atoms with Crippen molar-refractivity contribution < 1.29 is 14.3 Å². The van der Waals surface area contributed by atoms with E-state index in [-0.39, 0.29) is 18.3 Å². The number of aromatic nitrogens is 1. The van der Waals surface area contributed by atoms with E-state index in [4.69, 9.17) is 16.3 Å². The van der Waals surface area contributed by atoms with E-state index in [9.17, 15) is 9.59 Å². The van der Waals surface area contributed by atoms with Gasteiger partial charge in [0.05, 0.1) is 0 Å². The molecule has 1 N–H and O–H groups in total. The van der Waals surface area contributed by atoms with E-state index in [2.05, 4.69) is 10.3 Å². The summed E-state index contributed by atoms with van der Waals surface area (Å²) in [7, 11) is 0. The van der Waals surface area contributed by atoms with Crippen molar-refractivity contribution in [3.8, 4) is 5.75 Å². The number of pyridine rings is 1. The minimum atomic E-state index is -0.315. The summed E-state index contributed by atoms with van der Waals surface area (Å²) >= 11 is 5.83. The second kappa shape index (κ2) is 8.27. The van der Waals surface area contributed by atoms with Crippen LogP contribution in [0, 0.1) is 0 Å². The molecule has 0 atom stereocenters. The summed E-state index contributed by atoms with van der Waals surface area (Å²) in [4.78, 5) is 28.2. The van der Waals surface area contributed by atoms with Crippen LogP contribution in [0.3, 0.4) is 0 Å². The lowest BCUT2D eigenvalue weighted by molar-refractivity contribution is -0.118. The molecule has 0 aliphatic rings. The Labute approximate surface area is 155 Å². The summed E-state index contributed by atoms with van der Waals surface area (Å²) in [6.45, 7) is -0.152. The molecule has 3 aromatic rings. The summed E-state index contributed by atoms with van der Waals surface area (Å²) in [6.07, 6.45) is 1.59. The second-order valence-corrected chi connectivity index (χ2v) is 5.85. The number of nitrogens with zero attached hydrogens (tertiary/aromatic N) is 1. The standard InChI is InChI=1S/C20H15ClN2O3/c21-16-8-4-14(5-9-16)20(25)15-6-10-17(11-7-15)26-13-19(24)23-18-3-1-2-12-22-18/h1-12H,13H2,(H,22,23,24). The molecule has 1 heterocycles. The number of halogens is 1. The smallest absolute Gasteiger partial charge is 0.263 e. The first kappa shape index (κ1) is 17.6. The molecule has 26 heavy (non-hydrogen) atoms. The molecule has 0 radical (unpaired) electrons. The van der Waals surface area contributed by atoms with Gasteiger partial charge in [-0.25, -0.2) is 4.98 Å². The maximum atomic E-state index is 12.4. The third kappa shape index (κ3) is 4.68. The average Bonchev–Trinajstić information content (AvgIpc) is 2.68. The predicted molar refractivity (Wildman–Crippen MR) is 99.7 cm³/mol. The van der Waals surface area contributed by atoms with E-state index in [1.165, 1.54) is 0 Å². The third-order valence-electron chi connectivity index (χ3n) is 3.53. The van der Waals surface area contributed by atoms with Gasteiger partial charge in [-0.15, -0.1) is 0 Å². The first-order valence-corrected chi connectivity index (χ1v) is 8.23. The highest BCUT2D eigenvalue weighted by Crippen LogP contribution is 2.17. The van der Waals surface area contributed by atoms with Crippen LogP contribution in [0.1, 0.15) is 15.9 Å². The van der Waals surface area contributed by atoms with Gasteiger partial charge in [0.15, 0.2) is 12.4 Å². The van der Waals surface area contributed by atoms with E-state index in [0.717, 1.165) is 0 Å². The summed E-state index contributed by atoms with van der Waals surface area (Å²) in [6, 6.07) is 18.5. The van der Waals surface area contributed by atoms with Gasteiger partial charge in [0.1, 0.15) is 11.6 Å². The summed E-state index contributed by atoms with van der Waals surface area (Å²) in [5.74, 6) is 0.532. The molecule has 130 valence electrons. The van der Waals surface area contributed by atoms with Crippen molar-refractivity contribution in [2.75, 3.05) is 11.9 Å². The molecule has 0 saturated carbocycles. The molecular weight excluding hydrogens is 352 g/mol. The summed E-state index contributed by atoms with van der Waals surface area (Å²) < 4.78 is 5.43. The highest BCUT2D eigenvalue weighted by molar-refractivity contribution is 6.30. The number of benzene rings is 2. The maximum Gasteiger partial charge on any atom is 0.263 e. The minimum Gasteiger partial charge on any atom is -0.484 e. The first-order chi connectivity index (χ1) is 12.6. The van der Waals surface area contributed by atoms with Crippen LogP contribution in [0.5, 0.6) is 5.75 Å². The first-order valence-electron chi connectivity index (χ1n) is 7.86. The minimum absolute atomic E-state index is 0.110. The number of carbonyl (C=O) groups excluding carboxylic acids is 2. The number of ether oxygens (including phenoxy) is 1. The van der Waals surface area contributed by atoms with Crippen molar-refractivity contribution in [1.29, 1.82) is 0 Å². The Morgan fingerprint density at radius 1 is 0.923 bits per heavy atom. The molecule has 5 nitrogen and oxygen atoms in total. The zero-order chi connectivity index (χ0) is 18.4. The van der Waals surface area contributed by atoms with Gasteiger partial charge >= 0.3 is 0 Å². The fourth-order valence-electron chi connectivity index (χ4n) is 2.23. The Bertz CT molecular complexity index is 895. The number of amides is 1. The lowest BCUT2D eigenvalue weighted by Gasteiger charge is -2.08. The van der Waals surface area contributed by atoms with Gasteiger partial charge in [-0.2, -0.15) is 0 Å². The van der Waals surface area contributed by atoms with E-state index in [1.54, 1.807) is 72.9 Å². The number of rotatable bonds is 6. The number of nitrogens with one attached hydrogen (secondary N) is 1. The monoisotopic (exact) mass is 366 g/mol. The fraction of sp³-hybridized carbons (Fsp3) is 0.0500. The molecule has 0 unspecified atom stereocenters. The zero-order valence-electron chi connectivity index (χ0n) is 13.7. The Balaban J connectivity index is 1.56. The van der Waals surface area contributed by atoms with Crippen molar-refractivity contribution in [2.45, 2.75) is 0 Å². The Morgan fingerprint density at radius 3 is 2.19 bits per heavy atom. The van der Waals surface area contributed by atoms with Crippen LogP contribution in [0.4, 0.5) is 5.82 Å². The van der Waals surface area contributed by atoms with Crippen LogP contribution in [0.25, 0.3) is 0 Å². The molecule has 3 rings (SSSR count). The molecule has 1 amide bonds. The normalized spacial score (nSPS) is 10.2. The topological polar surface area (TPSA) is 68.3 Å². The molecular formula is C20H15ClN2O3. The third-order valence-corrected chi connectivity index (χ3v) is 3.78. The van der Waals surface area contributed by atoms with E-state index in [1.807, 2.05) is 0 Å². The summed E-state index contributed by atoms with van der Waals surface area (Å²) in [5.41, 5.74) is 1.08. The summed E-state index contributed by atoms with van der Waals surface area (Å²) in [5, 5.41) is 3.21. The quantitative estimate of drug-likeness (QED) is 0.670. The molecule has 6 heteroatoms.